The second kappa shape index (κ2) is 6.27. The van der Waals surface area contributed by atoms with Crippen LogP contribution < -0.4 is 5.32 Å². The second-order valence-corrected chi connectivity index (χ2v) is 8.26. The van der Waals surface area contributed by atoms with Crippen LogP contribution in [0.3, 0.4) is 0 Å². The molecular weight excluding hydrogens is 359 g/mol. The minimum atomic E-state index is 0.273. The van der Waals surface area contributed by atoms with Gasteiger partial charge in [0.25, 0.3) is 0 Å². The Balaban J connectivity index is 1.46. The Kier molecular flexibility index (Phi) is 4.05. The first-order valence-corrected chi connectivity index (χ1v) is 9.74. The zero-order chi connectivity index (χ0) is 17.0. The third-order valence-electron chi connectivity index (χ3n) is 5.68. The van der Waals surface area contributed by atoms with Crippen molar-refractivity contribution in [2.24, 2.45) is 5.92 Å². The lowest BCUT2D eigenvalue weighted by molar-refractivity contribution is 0.0186. The van der Waals surface area contributed by atoms with Crippen molar-refractivity contribution in [1.82, 2.24) is 10.5 Å². The fourth-order valence-electron chi connectivity index (χ4n) is 4.22. The van der Waals surface area contributed by atoms with Crippen LogP contribution in [0.1, 0.15) is 42.9 Å². The average Bonchev–Trinajstić information content (AvgIpc) is 3.03. The van der Waals surface area contributed by atoms with Gasteiger partial charge in [-0.3, -0.25) is 0 Å². The number of piperidine rings is 1. The standard InChI is InChI=1S/C19H20Cl2N2O2/c20-13-2-1-3-14(21)17(13)18-12(19(25-23-18)11-4-5-11)9-24-16-7-10-6-15(16)22-8-10/h1-3,10-11,15-16,22H,4-9H2/t10-,15+,16+/m0/s1. The molecule has 2 heterocycles. The summed E-state index contributed by atoms with van der Waals surface area (Å²) in [6.45, 7) is 1.63. The van der Waals surface area contributed by atoms with Gasteiger partial charge >= 0.3 is 0 Å². The van der Waals surface area contributed by atoms with Gasteiger partial charge in [0.05, 0.1) is 22.8 Å². The molecule has 0 spiro atoms. The highest BCUT2D eigenvalue weighted by Crippen LogP contribution is 2.46. The molecule has 3 fully saturated rings. The number of rotatable bonds is 5. The minimum Gasteiger partial charge on any atom is -0.372 e. The van der Waals surface area contributed by atoms with Crippen LogP contribution >= 0.6 is 23.2 Å². The molecule has 3 atom stereocenters. The topological polar surface area (TPSA) is 47.3 Å². The largest absolute Gasteiger partial charge is 0.372 e. The number of nitrogens with zero attached hydrogens (tertiary/aromatic N) is 1. The van der Waals surface area contributed by atoms with Crippen molar-refractivity contribution in [1.29, 1.82) is 0 Å². The van der Waals surface area contributed by atoms with E-state index in [9.17, 15) is 0 Å². The third kappa shape index (κ3) is 2.89. The molecule has 1 aromatic carbocycles. The summed E-state index contributed by atoms with van der Waals surface area (Å²) in [4.78, 5) is 0. The van der Waals surface area contributed by atoms with E-state index < -0.39 is 0 Å². The van der Waals surface area contributed by atoms with Crippen LogP contribution in [0.15, 0.2) is 22.7 Å². The number of benzene rings is 1. The molecule has 1 N–H and O–H groups in total. The molecular formula is C19H20Cl2N2O2. The van der Waals surface area contributed by atoms with Crippen molar-refractivity contribution < 1.29 is 9.26 Å². The van der Waals surface area contributed by atoms with E-state index in [1.807, 2.05) is 18.2 Å². The van der Waals surface area contributed by atoms with Crippen molar-refractivity contribution in [2.75, 3.05) is 6.54 Å². The number of ether oxygens (including phenoxy) is 1. The molecule has 0 unspecified atom stereocenters. The maximum atomic E-state index is 6.40. The highest BCUT2D eigenvalue weighted by atomic mass is 35.5. The zero-order valence-corrected chi connectivity index (χ0v) is 15.3. The lowest BCUT2D eigenvalue weighted by Crippen LogP contribution is -2.38. The molecule has 0 radical (unpaired) electrons. The zero-order valence-electron chi connectivity index (χ0n) is 13.8. The van der Waals surface area contributed by atoms with Gasteiger partial charge in [-0.25, -0.2) is 0 Å². The van der Waals surface area contributed by atoms with E-state index in [1.165, 1.54) is 6.42 Å². The minimum absolute atomic E-state index is 0.273. The lowest BCUT2D eigenvalue weighted by Gasteiger charge is -2.23. The Morgan fingerprint density at radius 2 is 2.00 bits per heavy atom. The monoisotopic (exact) mass is 378 g/mol. The lowest BCUT2D eigenvalue weighted by atomic mass is 10.0. The Morgan fingerprint density at radius 1 is 1.20 bits per heavy atom. The van der Waals surface area contributed by atoms with Crippen molar-refractivity contribution in [3.8, 4) is 11.3 Å². The Hall–Kier alpha value is -1.07. The molecule has 2 aromatic rings. The van der Waals surface area contributed by atoms with Crippen LogP contribution in [-0.2, 0) is 11.3 Å². The van der Waals surface area contributed by atoms with Crippen molar-refractivity contribution in [3.05, 3.63) is 39.6 Å². The second-order valence-electron chi connectivity index (χ2n) is 7.45. The maximum Gasteiger partial charge on any atom is 0.145 e. The molecule has 25 heavy (non-hydrogen) atoms. The third-order valence-corrected chi connectivity index (χ3v) is 6.31. The first-order valence-electron chi connectivity index (χ1n) is 8.98. The fraction of sp³-hybridized carbons (Fsp3) is 0.526. The molecule has 5 rings (SSSR count). The number of hydrogen-bond acceptors (Lipinski definition) is 4. The quantitative estimate of drug-likeness (QED) is 0.811. The summed E-state index contributed by atoms with van der Waals surface area (Å²) in [5.41, 5.74) is 2.49. The summed E-state index contributed by atoms with van der Waals surface area (Å²) < 4.78 is 12.0. The highest BCUT2D eigenvalue weighted by Gasteiger charge is 2.41. The van der Waals surface area contributed by atoms with E-state index in [4.69, 9.17) is 32.5 Å². The van der Waals surface area contributed by atoms with E-state index in [0.717, 1.165) is 54.3 Å². The summed E-state index contributed by atoms with van der Waals surface area (Å²) in [7, 11) is 0. The normalized spacial score (nSPS) is 28.0. The van der Waals surface area contributed by atoms with Crippen LogP contribution in [0, 0.1) is 5.92 Å². The number of hydrogen-bond donors (Lipinski definition) is 1. The molecule has 2 saturated carbocycles. The van der Waals surface area contributed by atoms with Gasteiger partial charge in [0.2, 0.25) is 0 Å². The summed E-state index contributed by atoms with van der Waals surface area (Å²) in [6.07, 6.45) is 4.94. The predicted octanol–water partition coefficient (Wildman–Crippen LogP) is 4.79. The number of aromatic nitrogens is 1. The predicted molar refractivity (Wildman–Crippen MR) is 97.0 cm³/mol. The van der Waals surface area contributed by atoms with Crippen LogP contribution in [0.5, 0.6) is 0 Å². The van der Waals surface area contributed by atoms with Gasteiger partial charge in [-0.15, -0.1) is 0 Å². The fourth-order valence-corrected chi connectivity index (χ4v) is 4.80. The summed E-state index contributed by atoms with van der Waals surface area (Å²) >= 11 is 12.8. The molecule has 2 aliphatic carbocycles. The van der Waals surface area contributed by atoms with Crippen LogP contribution in [-0.4, -0.2) is 23.8 Å². The van der Waals surface area contributed by atoms with Crippen LogP contribution in [0.4, 0.5) is 0 Å². The van der Waals surface area contributed by atoms with Gasteiger partial charge in [0.15, 0.2) is 0 Å². The summed E-state index contributed by atoms with van der Waals surface area (Å²) in [5.74, 6) is 2.17. The van der Waals surface area contributed by atoms with Gasteiger partial charge in [-0.2, -0.15) is 0 Å². The summed E-state index contributed by atoms with van der Waals surface area (Å²) in [5, 5.41) is 9.04. The molecule has 4 nitrogen and oxygen atoms in total. The highest BCUT2D eigenvalue weighted by molar-refractivity contribution is 6.39. The molecule has 1 aliphatic heterocycles. The van der Waals surface area contributed by atoms with Gasteiger partial charge in [0, 0.05) is 23.1 Å². The Morgan fingerprint density at radius 3 is 2.64 bits per heavy atom. The molecule has 0 amide bonds. The summed E-state index contributed by atoms with van der Waals surface area (Å²) in [6, 6.07) is 5.99. The van der Waals surface area contributed by atoms with E-state index in [-0.39, 0.29) is 6.10 Å². The van der Waals surface area contributed by atoms with E-state index >= 15 is 0 Å². The Bertz CT molecular complexity index is 782. The van der Waals surface area contributed by atoms with Gasteiger partial charge in [-0.05, 0) is 50.3 Å². The first kappa shape index (κ1) is 16.1. The number of fused-ring (bicyclic) bond motifs is 2. The van der Waals surface area contributed by atoms with E-state index in [0.29, 0.717) is 28.6 Å². The van der Waals surface area contributed by atoms with Gasteiger partial charge in [-0.1, -0.05) is 34.4 Å². The Labute approximate surface area is 156 Å². The average molecular weight is 379 g/mol. The van der Waals surface area contributed by atoms with Crippen molar-refractivity contribution >= 4 is 23.2 Å². The molecule has 1 saturated heterocycles. The van der Waals surface area contributed by atoms with Crippen LogP contribution in [0.25, 0.3) is 11.3 Å². The number of halogens is 2. The first-order chi connectivity index (χ1) is 12.2. The van der Waals surface area contributed by atoms with Gasteiger partial charge in [0.1, 0.15) is 11.5 Å². The van der Waals surface area contributed by atoms with Gasteiger partial charge < -0.3 is 14.6 Å². The molecule has 3 aliphatic rings. The van der Waals surface area contributed by atoms with E-state index in [2.05, 4.69) is 10.5 Å². The number of nitrogens with one attached hydrogen (secondary N) is 1. The molecule has 2 bridgehead atoms. The van der Waals surface area contributed by atoms with Crippen molar-refractivity contribution in [2.45, 2.75) is 50.4 Å². The maximum absolute atomic E-state index is 6.40. The van der Waals surface area contributed by atoms with Crippen LogP contribution in [0.2, 0.25) is 10.0 Å². The molecule has 6 heteroatoms. The smallest absolute Gasteiger partial charge is 0.145 e. The molecule has 1 aromatic heterocycles. The molecule has 132 valence electrons. The van der Waals surface area contributed by atoms with Crippen molar-refractivity contribution in [3.63, 3.8) is 0 Å². The SMILES string of the molecule is Clc1cccc(Cl)c1-c1noc(C2CC2)c1CO[C@@H]1C[C@H]2CN[C@@H]1C2. The van der Waals surface area contributed by atoms with E-state index in [1.54, 1.807) is 0 Å².